The first kappa shape index (κ1) is 20.2. The number of H-pyrrole nitrogens is 1. The van der Waals surface area contributed by atoms with Crippen LogP contribution in [0.25, 0.3) is 0 Å². The van der Waals surface area contributed by atoms with Crippen molar-refractivity contribution in [1.29, 1.82) is 0 Å². The number of carbonyl (C=O) groups is 2. The number of aromatic nitrogens is 2. The van der Waals surface area contributed by atoms with E-state index < -0.39 is 17.7 Å². The molecular formula is C17H23N5O2S2. The van der Waals surface area contributed by atoms with Crippen molar-refractivity contribution < 1.29 is 9.59 Å². The maximum atomic E-state index is 12.7. The van der Waals surface area contributed by atoms with Crippen molar-refractivity contribution in [3.63, 3.8) is 0 Å². The fourth-order valence-electron chi connectivity index (χ4n) is 2.47. The van der Waals surface area contributed by atoms with Gasteiger partial charge in [-0.1, -0.05) is 55.5 Å². The number of nitrogens with one attached hydrogen (secondary N) is 2. The van der Waals surface area contributed by atoms with Crippen LogP contribution in [0.15, 0.2) is 30.3 Å². The molecule has 0 aliphatic heterocycles. The second-order valence-corrected chi connectivity index (χ2v) is 8.02. The lowest BCUT2D eigenvalue weighted by Crippen LogP contribution is -2.46. The van der Waals surface area contributed by atoms with E-state index in [1.54, 1.807) is 0 Å². The Labute approximate surface area is 161 Å². The molecule has 0 bridgehead atoms. The molecule has 0 saturated heterocycles. The van der Waals surface area contributed by atoms with Crippen molar-refractivity contribution in [2.75, 3.05) is 11.9 Å². The van der Waals surface area contributed by atoms with Crippen LogP contribution in [0.4, 0.5) is 5.13 Å². The summed E-state index contributed by atoms with van der Waals surface area (Å²) >= 11 is 6.09. The summed E-state index contributed by atoms with van der Waals surface area (Å²) in [5.74, 6) is 4.42. The van der Waals surface area contributed by atoms with Gasteiger partial charge in [0.05, 0.1) is 0 Å². The summed E-state index contributed by atoms with van der Waals surface area (Å²) in [6.07, 6.45) is 1.03. The molecule has 9 heteroatoms. The summed E-state index contributed by atoms with van der Waals surface area (Å²) in [5.41, 5.74) is 1.08. The molecule has 140 valence electrons. The topological polar surface area (TPSA) is 104 Å². The standard InChI is InChI=1S/C17H23N5O2S2/c1-11(2)10-13(14(23)19-16-20-21-17(25)26-16)15(24)22(18)9-8-12-6-4-3-5-7-12/h3-7,11,13H,8-10,18H2,1-2H3,(H,21,25)(H,19,20,23). The van der Waals surface area contributed by atoms with Crippen LogP contribution in [0, 0.1) is 15.8 Å². The van der Waals surface area contributed by atoms with Gasteiger partial charge in [-0.2, -0.15) is 0 Å². The van der Waals surface area contributed by atoms with Crippen molar-refractivity contribution in [1.82, 2.24) is 15.2 Å². The monoisotopic (exact) mass is 393 g/mol. The number of benzene rings is 1. The zero-order chi connectivity index (χ0) is 19.1. The number of nitrogens with two attached hydrogens (primary N) is 1. The summed E-state index contributed by atoms with van der Waals surface area (Å²) < 4.78 is 0.454. The van der Waals surface area contributed by atoms with E-state index in [1.165, 1.54) is 0 Å². The Balaban J connectivity index is 2.02. The second kappa shape index (κ2) is 9.56. The van der Waals surface area contributed by atoms with Gasteiger partial charge >= 0.3 is 0 Å². The maximum Gasteiger partial charge on any atom is 0.249 e. The number of hydrazine groups is 1. The average Bonchev–Trinajstić information content (AvgIpc) is 3.02. The van der Waals surface area contributed by atoms with Gasteiger partial charge in [0.1, 0.15) is 5.92 Å². The molecule has 2 rings (SSSR count). The number of amides is 2. The Bertz CT molecular complexity index is 788. The number of carbonyl (C=O) groups excluding carboxylic acids is 2. The number of rotatable bonds is 8. The average molecular weight is 394 g/mol. The first-order valence-electron chi connectivity index (χ1n) is 8.33. The SMILES string of the molecule is CC(C)CC(C(=O)Nc1n[nH]c(=S)s1)C(=O)N(N)CCc1ccccc1. The normalized spacial score (nSPS) is 12.0. The number of aromatic amines is 1. The van der Waals surface area contributed by atoms with E-state index in [1.807, 2.05) is 44.2 Å². The molecule has 0 aliphatic rings. The number of anilines is 1. The van der Waals surface area contributed by atoms with Crippen LogP contribution in [0.3, 0.4) is 0 Å². The quantitative estimate of drug-likeness (QED) is 0.210. The van der Waals surface area contributed by atoms with Crippen LogP contribution >= 0.6 is 23.6 Å². The third-order valence-corrected chi connectivity index (χ3v) is 4.76. The lowest BCUT2D eigenvalue weighted by atomic mass is 9.95. The Morgan fingerprint density at radius 3 is 2.62 bits per heavy atom. The lowest BCUT2D eigenvalue weighted by molar-refractivity contribution is -0.141. The second-order valence-electron chi connectivity index (χ2n) is 6.36. The van der Waals surface area contributed by atoms with Crippen molar-refractivity contribution in [2.24, 2.45) is 17.7 Å². The molecule has 1 aromatic carbocycles. The highest BCUT2D eigenvalue weighted by Crippen LogP contribution is 2.18. The van der Waals surface area contributed by atoms with Gasteiger partial charge in [0, 0.05) is 6.54 Å². The predicted octanol–water partition coefficient (Wildman–Crippen LogP) is 2.75. The van der Waals surface area contributed by atoms with Gasteiger partial charge in [-0.3, -0.25) is 25.0 Å². The lowest BCUT2D eigenvalue weighted by Gasteiger charge is -2.23. The molecule has 0 saturated carbocycles. The molecule has 1 unspecified atom stereocenters. The Morgan fingerprint density at radius 1 is 1.35 bits per heavy atom. The van der Waals surface area contributed by atoms with Crippen molar-refractivity contribution in [2.45, 2.75) is 26.7 Å². The predicted molar refractivity (Wildman–Crippen MR) is 105 cm³/mol. The van der Waals surface area contributed by atoms with Crippen molar-refractivity contribution >= 4 is 40.5 Å². The van der Waals surface area contributed by atoms with Gasteiger partial charge < -0.3 is 0 Å². The highest BCUT2D eigenvalue weighted by molar-refractivity contribution is 7.73. The van der Waals surface area contributed by atoms with Crippen molar-refractivity contribution in [3.8, 4) is 0 Å². The molecule has 2 aromatic rings. The third kappa shape index (κ3) is 6.01. The van der Waals surface area contributed by atoms with Crippen molar-refractivity contribution in [3.05, 3.63) is 39.8 Å². The van der Waals surface area contributed by atoms with Crippen LogP contribution < -0.4 is 11.2 Å². The molecule has 0 fully saturated rings. The van der Waals surface area contributed by atoms with Crippen LogP contribution in [0.1, 0.15) is 25.8 Å². The molecule has 1 heterocycles. The van der Waals surface area contributed by atoms with E-state index in [4.69, 9.17) is 18.1 Å². The van der Waals surface area contributed by atoms with E-state index in [0.717, 1.165) is 21.9 Å². The van der Waals surface area contributed by atoms with Gasteiger partial charge in [0.2, 0.25) is 16.9 Å². The Kier molecular flexibility index (Phi) is 7.43. The van der Waals surface area contributed by atoms with Crippen LogP contribution in [-0.4, -0.2) is 33.6 Å². The largest absolute Gasteiger partial charge is 0.300 e. The fourth-order valence-corrected chi connectivity index (χ4v) is 3.26. The van der Waals surface area contributed by atoms with E-state index >= 15 is 0 Å². The fraction of sp³-hybridized carbons (Fsp3) is 0.412. The molecule has 0 aliphatic carbocycles. The number of nitrogens with zero attached hydrogens (tertiary/aromatic N) is 2. The van der Waals surface area contributed by atoms with E-state index in [0.29, 0.717) is 28.5 Å². The molecular weight excluding hydrogens is 370 g/mol. The molecule has 0 radical (unpaired) electrons. The molecule has 4 N–H and O–H groups in total. The molecule has 7 nitrogen and oxygen atoms in total. The smallest absolute Gasteiger partial charge is 0.249 e. The summed E-state index contributed by atoms with van der Waals surface area (Å²) in [6, 6.07) is 9.75. The first-order chi connectivity index (χ1) is 12.4. The first-order valence-corrected chi connectivity index (χ1v) is 9.55. The minimum Gasteiger partial charge on any atom is -0.300 e. The molecule has 1 atom stereocenters. The maximum absolute atomic E-state index is 12.7. The van der Waals surface area contributed by atoms with E-state index in [9.17, 15) is 9.59 Å². The molecule has 0 spiro atoms. The highest BCUT2D eigenvalue weighted by Gasteiger charge is 2.31. The van der Waals surface area contributed by atoms with Crippen LogP contribution in [0.2, 0.25) is 0 Å². The molecule has 2 amide bonds. The summed E-state index contributed by atoms with van der Waals surface area (Å²) in [6.45, 7) is 4.25. The van der Waals surface area contributed by atoms with Gasteiger partial charge in [0.15, 0.2) is 3.95 Å². The van der Waals surface area contributed by atoms with Gasteiger partial charge in [-0.25, -0.2) is 5.84 Å². The molecule has 26 heavy (non-hydrogen) atoms. The third-order valence-electron chi connectivity index (χ3n) is 3.76. The molecule has 1 aromatic heterocycles. The Morgan fingerprint density at radius 2 is 2.04 bits per heavy atom. The minimum atomic E-state index is -0.867. The van der Waals surface area contributed by atoms with Gasteiger partial charge in [0.25, 0.3) is 0 Å². The zero-order valence-electron chi connectivity index (χ0n) is 14.8. The van der Waals surface area contributed by atoms with Gasteiger partial charge in [-0.05, 0) is 36.5 Å². The van der Waals surface area contributed by atoms with Crippen LogP contribution in [-0.2, 0) is 16.0 Å². The highest BCUT2D eigenvalue weighted by atomic mass is 32.1. The number of hydrogen-bond donors (Lipinski definition) is 3. The summed E-state index contributed by atoms with van der Waals surface area (Å²) in [7, 11) is 0. The number of hydrogen-bond acceptors (Lipinski definition) is 6. The van der Waals surface area contributed by atoms with Gasteiger partial charge in [-0.15, -0.1) is 5.10 Å². The Hall–Kier alpha value is -2.10. The minimum absolute atomic E-state index is 0.162. The van der Waals surface area contributed by atoms with E-state index in [-0.39, 0.29) is 5.92 Å². The zero-order valence-corrected chi connectivity index (χ0v) is 16.4. The van der Waals surface area contributed by atoms with E-state index in [2.05, 4.69) is 15.5 Å². The summed E-state index contributed by atoms with van der Waals surface area (Å²) in [5, 5.41) is 10.6. The van der Waals surface area contributed by atoms with Crippen LogP contribution in [0.5, 0.6) is 0 Å². The summed E-state index contributed by atoms with van der Waals surface area (Å²) in [4.78, 5) is 25.3.